The Morgan fingerprint density at radius 3 is 2.81 bits per heavy atom. The molecule has 0 unspecified atom stereocenters. The van der Waals surface area contributed by atoms with Gasteiger partial charge in [0.25, 0.3) is 0 Å². The number of rotatable bonds is 3. The standard InChI is InChI=1S/C21H30N4O2/c1-14-10-24(11-15(2)27-14)13-19-18-7-4-8-22-21(18)23-20(19)17-6-5-9-25(12-17)16(3)26/h4,7-8,14-15,17H,5-6,9-13H2,1-3H3,(H,22,23)/t14-,15-,17-/m0/s1. The molecule has 1 N–H and O–H groups in total. The highest BCUT2D eigenvalue weighted by Gasteiger charge is 2.29. The van der Waals surface area contributed by atoms with Crippen LogP contribution < -0.4 is 0 Å². The van der Waals surface area contributed by atoms with E-state index in [1.54, 1.807) is 6.92 Å². The molecule has 4 rings (SSSR count). The molecule has 0 aromatic carbocycles. The second-order valence-corrected chi connectivity index (χ2v) is 8.17. The molecule has 2 aromatic heterocycles. The Bertz CT molecular complexity index is 808. The van der Waals surface area contributed by atoms with Crippen LogP contribution in [0.5, 0.6) is 0 Å². The lowest BCUT2D eigenvalue weighted by Gasteiger charge is -2.36. The van der Waals surface area contributed by atoms with Crippen molar-refractivity contribution in [1.29, 1.82) is 0 Å². The first-order valence-electron chi connectivity index (χ1n) is 10.1. The zero-order valence-electron chi connectivity index (χ0n) is 16.6. The second-order valence-electron chi connectivity index (χ2n) is 8.17. The Morgan fingerprint density at radius 2 is 2.07 bits per heavy atom. The highest BCUT2D eigenvalue weighted by atomic mass is 16.5. The summed E-state index contributed by atoms with van der Waals surface area (Å²) in [5.41, 5.74) is 3.56. The number of fused-ring (bicyclic) bond motifs is 1. The molecular formula is C21H30N4O2. The van der Waals surface area contributed by atoms with Crippen LogP contribution in [0.3, 0.4) is 0 Å². The largest absolute Gasteiger partial charge is 0.373 e. The zero-order valence-corrected chi connectivity index (χ0v) is 16.6. The summed E-state index contributed by atoms with van der Waals surface area (Å²) in [5.74, 6) is 0.522. The number of hydrogen-bond acceptors (Lipinski definition) is 4. The van der Waals surface area contributed by atoms with Crippen molar-refractivity contribution >= 4 is 16.9 Å². The number of aromatic nitrogens is 2. The lowest BCUT2D eigenvalue weighted by atomic mass is 9.91. The molecule has 146 valence electrons. The van der Waals surface area contributed by atoms with Gasteiger partial charge in [0.2, 0.25) is 5.91 Å². The first-order chi connectivity index (χ1) is 13.0. The highest BCUT2D eigenvalue weighted by molar-refractivity contribution is 5.81. The average molecular weight is 370 g/mol. The molecule has 3 atom stereocenters. The summed E-state index contributed by atoms with van der Waals surface area (Å²) in [6, 6.07) is 4.17. The van der Waals surface area contributed by atoms with Gasteiger partial charge in [-0.25, -0.2) is 4.98 Å². The third-order valence-corrected chi connectivity index (χ3v) is 5.86. The van der Waals surface area contributed by atoms with Crippen molar-refractivity contribution in [2.24, 2.45) is 0 Å². The van der Waals surface area contributed by atoms with Gasteiger partial charge in [-0.3, -0.25) is 9.69 Å². The minimum absolute atomic E-state index is 0.173. The van der Waals surface area contributed by atoms with Gasteiger partial charge in [0.05, 0.1) is 12.2 Å². The van der Waals surface area contributed by atoms with Crippen LogP contribution in [0.15, 0.2) is 18.3 Å². The fourth-order valence-corrected chi connectivity index (χ4v) is 4.75. The average Bonchev–Trinajstić information content (AvgIpc) is 3.00. The maximum absolute atomic E-state index is 11.9. The van der Waals surface area contributed by atoms with Gasteiger partial charge in [-0.1, -0.05) is 0 Å². The van der Waals surface area contributed by atoms with Crippen molar-refractivity contribution in [3.8, 4) is 0 Å². The Balaban J connectivity index is 1.66. The molecule has 2 aliphatic rings. The van der Waals surface area contributed by atoms with Crippen molar-refractivity contribution < 1.29 is 9.53 Å². The normalized spacial score (nSPS) is 27.2. The Kier molecular flexibility index (Phi) is 5.19. The van der Waals surface area contributed by atoms with E-state index in [4.69, 9.17) is 4.74 Å². The smallest absolute Gasteiger partial charge is 0.219 e. The Morgan fingerprint density at radius 1 is 1.30 bits per heavy atom. The third-order valence-electron chi connectivity index (χ3n) is 5.86. The SMILES string of the molecule is CC(=O)N1CCC[C@H](c2[nH]c3ncccc3c2CN2C[C@H](C)O[C@@H](C)C2)C1. The minimum atomic E-state index is 0.173. The monoisotopic (exact) mass is 370 g/mol. The number of hydrogen-bond donors (Lipinski definition) is 1. The molecule has 27 heavy (non-hydrogen) atoms. The number of nitrogens with zero attached hydrogens (tertiary/aromatic N) is 3. The van der Waals surface area contributed by atoms with Gasteiger partial charge in [0, 0.05) is 62.8 Å². The number of carbonyl (C=O) groups is 1. The van der Waals surface area contributed by atoms with Crippen LogP contribution >= 0.6 is 0 Å². The molecule has 6 nitrogen and oxygen atoms in total. The minimum Gasteiger partial charge on any atom is -0.373 e. The number of pyridine rings is 1. The number of carbonyl (C=O) groups excluding carboxylic acids is 1. The predicted octanol–water partition coefficient (Wildman–Crippen LogP) is 2.90. The molecule has 0 saturated carbocycles. The van der Waals surface area contributed by atoms with Crippen molar-refractivity contribution in [2.75, 3.05) is 26.2 Å². The van der Waals surface area contributed by atoms with E-state index in [0.717, 1.165) is 51.2 Å². The number of H-pyrrole nitrogens is 1. The number of amides is 1. The summed E-state index contributed by atoms with van der Waals surface area (Å²) >= 11 is 0. The number of likely N-dealkylation sites (tertiary alicyclic amines) is 1. The summed E-state index contributed by atoms with van der Waals surface area (Å²) in [6.07, 6.45) is 4.51. The van der Waals surface area contributed by atoms with E-state index in [9.17, 15) is 4.79 Å². The number of ether oxygens (including phenoxy) is 1. The van der Waals surface area contributed by atoms with Gasteiger partial charge in [-0.2, -0.15) is 0 Å². The van der Waals surface area contributed by atoms with E-state index < -0.39 is 0 Å². The van der Waals surface area contributed by atoms with Crippen molar-refractivity contribution in [1.82, 2.24) is 19.8 Å². The fraction of sp³-hybridized carbons (Fsp3) is 0.619. The first-order valence-corrected chi connectivity index (χ1v) is 10.1. The summed E-state index contributed by atoms with van der Waals surface area (Å²) in [5, 5.41) is 1.21. The van der Waals surface area contributed by atoms with Crippen LogP contribution in [-0.4, -0.2) is 64.1 Å². The molecule has 0 bridgehead atoms. The summed E-state index contributed by atoms with van der Waals surface area (Å²) in [7, 11) is 0. The molecule has 2 aliphatic heterocycles. The van der Waals surface area contributed by atoms with Gasteiger partial charge in [-0.15, -0.1) is 0 Å². The predicted molar refractivity (Wildman–Crippen MR) is 106 cm³/mol. The maximum atomic E-state index is 11.9. The van der Waals surface area contributed by atoms with Crippen LogP contribution in [-0.2, 0) is 16.1 Å². The number of piperidine rings is 1. The van der Waals surface area contributed by atoms with Gasteiger partial charge in [0.1, 0.15) is 5.65 Å². The van der Waals surface area contributed by atoms with E-state index in [1.165, 1.54) is 16.6 Å². The van der Waals surface area contributed by atoms with Crippen molar-refractivity contribution in [3.05, 3.63) is 29.6 Å². The van der Waals surface area contributed by atoms with Gasteiger partial charge < -0.3 is 14.6 Å². The molecule has 0 radical (unpaired) electrons. The molecule has 0 spiro atoms. The van der Waals surface area contributed by atoms with Crippen LogP contribution in [0.25, 0.3) is 11.0 Å². The summed E-state index contributed by atoms with van der Waals surface area (Å²) in [4.78, 5) is 24.5. The molecule has 1 amide bonds. The third kappa shape index (κ3) is 3.87. The topological polar surface area (TPSA) is 61.5 Å². The van der Waals surface area contributed by atoms with Crippen LogP contribution in [0, 0.1) is 0 Å². The molecule has 2 fully saturated rings. The number of aromatic amines is 1. The Hall–Kier alpha value is -1.92. The number of morpholine rings is 1. The van der Waals surface area contributed by atoms with E-state index in [0.29, 0.717) is 5.92 Å². The van der Waals surface area contributed by atoms with E-state index >= 15 is 0 Å². The van der Waals surface area contributed by atoms with Gasteiger partial charge in [-0.05, 0) is 44.4 Å². The lowest BCUT2D eigenvalue weighted by molar-refractivity contribution is -0.130. The molecule has 2 saturated heterocycles. The quantitative estimate of drug-likeness (QED) is 0.902. The van der Waals surface area contributed by atoms with Crippen LogP contribution in [0.1, 0.15) is 50.8 Å². The zero-order chi connectivity index (χ0) is 19.0. The molecule has 2 aromatic rings. The lowest BCUT2D eigenvalue weighted by Crippen LogP contribution is -2.45. The molecule has 6 heteroatoms. The first kappa shape index (κ1) is 18.4. The van der Waals surface area contributed by atoms with Crippen molar-refractivity contribution in [3.63, 3.8) is 0 Å². The summed E-state index contributed by atoms with van der Waals surface area (Å²) in [6.45, 7) is 10.4. The fourth-order valence-electron chi connectivity index (χ4n) is 4.75. The van der Waals surface area contributed by atoms with Gasteiger partial charge in [0.15, 0.2) is 0 Å². The Labute approximate surface area is 160 Å². The van der Waals surface area contributed by atoms with E-state index in [-0.39, 0.29) is 18.1 Å². The summed E-state index contributed by atoms with van der Waals surface area (Å²) < 4.78 is 5.90. The molecular weight excluding hydrogens is 340 g/mol. The molecule has 0 aliphatic carbocycles. The van der Waals surface area contributed by atoms with Crippen molar-refractivity contribution in [2.45, 2.75) is 58.3 Å². The highest BCUT2D eigenvalue weighted by Crippen LogP contribution is 2.33. The maximum Gasteiger partial charge on any atom is 0.219 e. The van der Waals surface area contributed by atoms with Crippen LogP contribution in [0.2, 0.25) is 0 Å². The van der Waals surface area contributed by atoms with Crippen LogP contribution in [0.4, 0.5) is 0 Å². The molecule has 4 heterocycles. The number of nitrogens with one attached hydrogen (secondary N) is 1. The van der Waals surface area contributed by atoms with E-state index in [1.807, 2.05) is 17.2 Å². The van der Waals surface area contributed by atoms with Gasteiger partial charge >= 0.3 is 0 Å². The second kappa shape index (κ2) is 7.60. The van der Waals surface area contributed by atoms with E-state index in [2.05, 4.69) is 34.8 Å².